The van der Waals surface area contributed by atoms with E-state index < -0.39 is 46.8 Å². The number of esters is 1. The lowest BCUT2D eigenvalue weighted by atomic mass is 9.95. The fraction of sp³-hybridized carbons (Fsp3) is 0.724. The summed E-state index contributed by atoms with van der Waals surface area (Å²) in [5.41, 5.74) is -3.77. The fourth-order valence-electron chi connectivity index (χ4n) is 4.87. The number of rotatable bonds is 15. The predicted octanol–water partition coefficient (Wildman–Crippen LogP) is 8.82. The van der Waals surface area contributed by atoms with E-state index in [4.69, 9.17) is 4.74 Å². The minimum absolute atomic E-state index is 0.0370. The van der Waals surface area contributed by atoms with Crippen molar-refractivity contribution in [3.8, 4) is 0 Å². The van der Waals surface area contributed by atoms with Gasteiger partial charge in [0.2, 0.25) is 0 Å². The summed E-state index contributed by atoms with van der Waals surface area (Å²) in [5, 5.41) is 0. The monoisotopic (exact) mass is 565 g/mol. The van der Waals surface area contributed by atoms with Crippen LogP contribution in [0, 0.1) is 5.92 Å². The SMILES string of the molecule is CCCCCCCCCCCCCCOC(=O)C1CCN(C(=O)c2cc(C(F)(F)F)ccc2C(F)(F)F)CC1. The van der Waals surface area contributed by atoms with Crippen LogP contribution in [0.2, 0.25) is 0 Å². The van der Waals surface area contributed by atoms with Crippen LogP contribution in [0.3, 0.4) is 0 Å². The molecule has 0 unspecified atom stereocenters. The lowest BCUT2D eigenvalue weighted by molar-refractivity contribution is -0.150. The average Bonchev–Trinajstić information content (AvgIpc) is 2.89. The number of alkyl halides is 6. The molecule has 0 bridgehead atoms. The molecule has 222 valence electrons. The van der Waals surface area contributed by atoms with Gasteiger partial charge in [0.25, 0.3) is 5.91 Å². The number of unbranched alkanes of at least 4 members (excludes halogenated alkanes) is 11. The van der Waals surface area contributed by atoms with Crippen LogP contribution < -0.4 is 0 Å². The fourth-order valence-corrected chi connectivity index (χ4v) is 4.87. The first kappa shape index (κ1) is 32.9. The zero-order chi connectivity index (χ0) is 28.9. The van der Waals surface area contributed by atoms with Crippen LogP contribution in [0.5, 0.6) is 0 Å². The summed E-state index contributed by atoms with van der Waals surface area (Å²) in [7, 11) is 0. The van der Waals surface area contributed by atoms with Crippen LogP contribution in [0.25, 0.3) is 0 Å². The van der Waals surface area contributed by atoms with Gasteiger partial charge in [-0.2, -0.15) is 26.3 Å². The summed E-state index contributed by atoms with van der Waals surface area (Å²) >= 11 is 0. The maximum absolute atomic E-state index is 13.4. The number of nitrogens with zero attached hydrogens (tertiary/aromatic N) is 1. The maximum atomic E-state index is 13.4. The molecule has 1 saturated heterocycles. The van der Waals surface area contributed by atoms with Crippen LogP contribution in [0.4, 0.5) is 26.3 Å². The maximum Gasteiger partial charge on any atom is 0.417 e. The molecule has 1 aliphatic heterocycles. The highest BCUT2D eigenvalue weighted by molar-refractivity contribution is 5.96. The van der Waals surface area contributed by atoms with Crippen LogP contribution >= 0.6 is 0 Å². The molecule has 0 saturated carbocycles. The number of carbonyl (C=O) groups excluding carboxylic acids is 2. The molecule has 0 aliphatic carbocycles. The third-order valence-electron chi connectivity index (χ3n) is 7.24. The molecular formula is C29H41F6NO3. The van der Waals surface area contributed by atoms with Crippen molar-refractivity contribution in [2.24, 2.45) is 5.92 Å². The van der Waals surface area contributed by atoms with Crippen molar-refractivity contribution in [2.75, 3.05) is 19.7 Å². The minimum Gasteiger partial charge on any atom is -0.465 e. The van der Waals surface area contributed by atoms with E-state index in [2.05, 4.69) is 6.92 Å². The second-order valence-corrected chi connectivity index (χ2v) is 10.4. The first-order valence-electron chi connectivity index (χ1n) is 14.2. The number of hydrogen-bond donors (Lipinski definition) is 0. The Kier molecular flexibility index (Phi) is 13.6. The largest absolute Gasteiger partial charge is 0.465 e. The molecule has 0 radical (unpaired) electrons. The van der Waals surface area contributed by atoms with Crippen molar-refractivity contribution in [3.05, 3.63) is 34.9 Å². The molecule has 39 heavy (non-hydrogen) atoms. The number of ether oxygens (including phenoxy) is 1. The Hall–Kier alpha value is -2.26. The van der Waals surface area contributed by atoms with Gasteiger partial charge in [0.15, 0.2) is 0 Å². The quantitative estimate of drug-likeness (QED) is 0.121. The molecule has 1 heterocycles. The van der Waals surface area contributed by atoms with E-state index in [0.29, 0.717) is 12.7 Å². The average molecular weight is 566 g/mol. The molecule has 1 aromatic carbocycles. The van der Waals surface area contributed by atoms with Crippen molar-refractivity contribution >= 4 is 11.9 Å². The standard InChI is InChI=1S/C29H41F6NO3/c1-2-3-4-5-6-7-8-9-10-11-12-13-20-39-27(38)22-16-18-36(19-17-22)26(37)24-21-23(28(30,31)32)14-15-25(24)29(33,34)35/h14-15,21-22H,2-13,16-20H2,1H3. The van der Waals surface area contributed by atoms with E-state index in [1.54, 1.807) is 0 Å². The lowest BCUT2D eigenvalue weighted by Crippen LogP contribution is -2.41. The number of amides is 1. The number of carbonyl (C=O) groups is 2. The van der Waals surface area contributed by atoms with Gasteiger partial charge in [-0.1, -0.05) is 77.6 Å². The van der Waals surface area contributed by atoms with E-state index in [1.165, 1.54) is 51.4 Å². The van der Waals surface area contributed by atoms with Crippen molar-refractivity contribution in [1.82, 2.24) is 4.90 Å². The lowest BCUT2D eigenvalue weighted by Gasteiger charge is -2.31. The van der Waals surface area contributed by atoms with E-state index in [9.17, 15) is 35.9 Å². The van der Waals surface area contributed by atoms with Gasteiger partial charge in [0, 0.05) is 13.1 Å². The Morgan fingerprint density at radius 1 is 0.795 bits per heavy atom. The summed E-state index contributed by atoms with van der Waals surface area (Å²) in [5.74, 6) is -2.02. The molecule has 0 aromatic heterocycles. The number of likely N-dealkylation sites (tertiary alicyclic amines) is 1. The van der Waals surface area contributed by atoms with E-state index >= 15 is 0 Å². The summed E-state index contributed by atoms with van der Waals surface area (Å²) in [6, 6.07) is 0.855. The normalized spacial score (nSPS) is 15.0. The van der Waals surface area contributed by atoms with Gasteiger partial charge in [-0.3, -0.25) is 9.59 Å². The molecular weight excluding hydrogens is 524 g/mol. The second-order valence-electron chi connectivity index (χ2n) is 10.4. The molecule has 1 amide bonds. The van der Waals surface area contributed by atoms with Crippen LogP contribution in [-0.4, -0.2) is 36.5 Å². The van der Waals surface area contributed by atoms with Gasteiger partial charge in [0.05, 0.1) is 29.2 Å². The molecule has 2 rings (SSSR count). The summed E-state index contributed by atoms with van der Waals surface area (Å²) < 4.78 is 84.7. The van der Waals surface area contributed by atoms with Gasteiger partial charge in [-0.05, 0) is 37.5 Å². The van der Waals surface area contributed by atoms with Crippen molar-refractivity contribution < 1.29 is 40.7 Å². The smallest absolute Gasteiger partial charge is 0.417 e. The van der Waals surface area contributed by atoms with Crippen molar-refractivity contribution in [3.63, 3.8) is 0 Å². The van der Waals surface area contributed by atoms with Gasteiger partial charge < -0.3 is 9.64 Å². The van der Waals surface area contributed by atoms with Crippen molar-refractivity contribution in [2.45, 2.75) is 109 Å². The summed E-state index contributed by atoms with van der Waals surface area (Å²) in [6.45, 7) is 2.44. The molecule has 1 aromatic rings. The molecule has 1 fully saturated rings. The zero-order valence-electron chi connectivity index (χ0n) is 22.8. The number of piperidine rings is 1. The Bertz CT molecular complexity index is 892. The minimum atomic E-state index is -4.98. The first-order chi connectivity index (χ1) is 18.4. The van der Waals surface area contributed by atoms with Gasteiger partial charge >= 0.3 is 18.3 Å². The first-order valence-corrected chi connectivity index (χ1v) is 14.2. The Labute approximate surface area is 227 Å². The number of benzene rings is 1. The highest BCUT2D eigenvalue weighted by Gasteiger charge is 2.40. The number of halogens is 6. The third-order valence-corrected chi connectivity index (χ3v) is 7.24. The zero-order valence-corrected chi connectivity index (χ0v) is 22.8. The highest BCUT2D eigenvalue weighted by Crippen LogP contribution is 2.37. The molecule has 0 N–H and O–H groups in total. The molecule has 0 spiro atoms. The van der Waals surface area contributed by atoms with Gasteiger partial charge in [-0.15, -0.1) is 0 Å². The third kappa shape index (κ3) is 11.4. The Morgan fingerprint density at radius 3 is 1.79 bits per heavy atom. The van der Waals surface area contributed by atoms with Crippen LogP contribution in [-0.2, 0) is 21.9 Å². The van der Waals surface area contributed by atoms with Gasteiger partial charge in [-0.25, -0.2) is 0 Å². The predicted molar refractivity (Wildman–Crippen MR) is 137 cm³/mol. The highest BCUT2D eigenvalue weighted by atomic mass is 19.4. The topological polar surface area (TPSA) is 46.6 Å². The van der Waals surface area contributed by atoms with E-state index in [0.717, 1.165) is 30.6 Å². The summed E-state index contributed by atoms with van der Waals surface area (Å²) in [6.07, 6.45) is 4.78. The molecule has 1 aliphatic rings. The van der Waals surface area contributed by atoms with Gasteiger partial charge in [0.1, 0.15) is 0 Å². The molecule has 4 nitrogen and oxygen atoms in total. The van der Waals surface area contributed by atoms with Crippen LogP contribution in [0.15, 0.2) is 18.2 Å². The Morgan fingerprint density at radius 2 is 1.31 bits per heavy atom. The van der Waals surface area contributed by atoms with E-state index in [-0.39, 0.29) is 38.1 Å². The molecule has 0 atom stereocenters. The summed E-state index contributed by atoms with van der Waals surface area (Å²) in [4.78, 5) is 26.2. The van der Waals surface area contributed by atoms with Crippen LogP contribution in [0.1, 0.15) is 118 Å². The van der Waals surface area contributed by atoms with Crippen molar-refractivity contribution in [1.29, 1.82) is 0 Å². The molecule has 10 heteroatoms. The van der Waals surface area contributed by atoms with E-state index in [1.807, 2.05) is 0 Å². The number of hydrogen-bond acceptors (Lipinski definition) is 3. The Balaban J connectivity index is 1.69. The second kappa shape index (κ2) is 16.1.